The van der Waals surface area contributed by atoms with Crippen molar-refractivity contribution in [2.75, 3.05) is 0 Å². The van der Waals surface area contributed by atoms with Crippen LogP contribution >= 0.6 is 23.2 Å². The number of allylic oxidation sites excluding steroid dienone is 1. The fraction of sp³-hybridized carbons (Fsp3) is 0.623. The van der Waals surface area contributed by atoms with Crippen molar-refractivity contribution in [3.8, 4) is 11.5 Å². The number of phenolic OH excluding ortho intramolecular Hbond substituents is 2. The Bertz CT molecular complexity index is 2230. The molecule has 0 heterocycles. The third-order valence-electron chi connectivity index (χ3n) is 17.1. The molecular weight excluding hydrogens is 927 g/mol. The highest BCUT2D eigenvalue weighted by atomic mass is 35.5. The number of aliphatic carboxylic acids is 4. The van der Waals surface area contributed by atoms with E-state index >= 15 is 0 Å². The number of aromatic hydroxyl groups is 2. The largest absolute Gasteiger partial charge is 0.506 e. The number of carboxylic acids is 4. The Labute approximate surface area is 414 Å². The molecule has 5 unspecified atom stereocenters. The smallest absolute Gasteiger partial charge is 0.326 e. The van der Waals surface area contributed by atoms with Crippen LogP contribution in [0.5, 0.6) is 11.5 Å². The zero-order valence-corrected chi connectivity index (χ0v) is 41.9. The summed E-state index contributed by atoms with van der Waals surface area (Å²) in [5.41, 5.74) is 0.478. The fourth-order valence-electron chi connectivity index (χ4n) is 13.6. The fourth-order valence-corrected chi connectivity index (χ4v) is 14.0. The maximum atomic E-state index is 13.5. The van der Waals surface area contributed by atoms with Crippen LogP contribution in [0.3, 0.4) is 0 Å². The number of rotatable bonds is 20. The predicted molar refractivity (Wildman–Crippen MR) is 261 cm³/mol. The van der Waals surface area contributed by atoms with Gasteiger partial charge in [0.15, 0.2) is 0 Å². The Morgan fingerprint density at radius 3 is 1.72 bits per heavy atom. The number of benzene rings is 2. The van der Waals surface area contributed by atoms with Gasteiger partial charge in [-0.05, 0) is 170 Å². The van der Waals surface area contributed by atoms with Crippen molar-refractivity contribution in [1.29, 1.82) is 0 Å². The number of halogens is 2. The minimum Gasteiger partial charge on any atom is -0.506 e. The molecule has 14 nitrogen and oxygen atoms in total. The zero-order valence-electron chi connectivity index (χ0n) is 40.4. The van der Waals surface area contributed by atoms with Crippen molar-refractivity contribution in [2.24, 2.45) is 58.2 Å². The Hall–Kier alpha value is -4.82. The molecule has 11 atom stereocenters. The number of hydrogen-bond acceptors (Lipinski definition) is 8. The molecule has 8 N–H and O–H groups in total. The number of nitrogens with one attached hydrogen (secondary N) is 2. The van der Waals surface area contributed by atoms with Crippen LogP contribution in [-0.4, -0.2) is 78.4 Å². The van der Waals surface area contributed by atoms with Gasteiger partial charge < -0.3 is 41.3 Å². The van der Waals surface area contributed by atoms with E-state index in [9.17, 15) is 59.4 Å². The van der Waals surface area contributed by atoms with Gasteiger partial charge in [-0.1, -0.05) is 83.2 Å². The molecule has 4 fully saturated rings. The van der Waals surface area contributed by atoms with Crippen molar-refractivity contribution in [3.63, 3.8) is 0 Å². The molecule has 4 aliphatic carbocycles. The first kappa shape index (κ1) is 53.5. The summed E-state index contributed by atoms with van der Waals surface area (Å²) < 4.78 is 0. The minimum atomic E-state index is -1.85. The first-order valence-corrected chi connectivity index (χ1v) is 25.5. The molecule has 2 aromatic carbocycles. The molecule has 2 amide bonds. The molecule has 0 aliphatic heterocycles. The number of carboxylic acid groups (broad SMARTS) is 4. The van der Waals surface area contributed by atoms with E-state index in [0.29, 0.717) is 29.2 Å². The van der Waals surface area contributed by atoms with Crippen molar-refractivity contribution < 1.29 is 59.4 Å². The van der Waals surface area contributed by atoms with Gasteiger partial charge in [0.05, 0.1) is 34.0 Å². The summed E-state index contributed by atoms with van der Waals surface area (Å²) in [7, 11) is 0. The lowest BCUT2D eigenvalue weighted by molar-refractivity contribution is -0.145. The summed E-state index contributed by atoms with van der Waals surface area (Å²) in [5, 5.41) is 63.3. The molecule has 0 bridgehead atoms. The van der Waals surface area contributed by atoms with E-state index in [1.165, 1.54) is 82.1 Å². The molecule has 69 heavy (non-hydrogen) atoms. The van der Waals surface area contributed by atoms with Crippen LogP contribution in [0.25, 0.3) is 5.57 Å². The van der Waals surface area contributed by atoms with Crippen LogP contribution in [0.4, 0.5) is 0 Å². The second-order valence-corrected chi connectivity index (χ2v) is 22.5. The first-order valence-electron chi connectivity index (χ1n) is 24.7. The molecule has 6 rings (SSSR count). The molecule has 0 aromatic heterocycles. The average molecular weight is 998 g/mol. The average Bonchev–Trinajstić information content (AvgIpc) is 3.63. The Kier molecular flexibility index (Phi) is 17.1. The van der Waals surface area contributed by atoms with Gasteiger partial charge in [-0.2, -0.15) is 0 Å². The molecule has 2 aromatic rings. The van der Waals surface area contributed by atoms with Crippen LogP contribution in [0, 0.1) is 58.2 Å². The summed E-state index contributed by atoms with van der Waals surface area (Å²) >= 11 is 13.0. The molecule has 0 radical (unpaired) electrons. The van der Waals surface area contributed by atoms with E-state index in [2.05, 4.69) is 45.3 Å². The highest BCUT2D eigenvalue weighted by Gasteiger charge is 2.60. The monoisotopic (exact) mass is 996 g/mol. The molecule has 378 valence electrons. The van der Waals surface area contributed by atoms with E-state index in [1.54, 1.807) is 0 Å². The molecule has 16 heteroatoms. The molecule has 0 saturated heterocycles. The maximum Gasteiger partial charge on any atom is 0.326 e. The van der Waals surface area contributed by atoms with E-state index < -0.39 is 83.2 Å². The third-order valence-corrected chi connectivity index (χ3v) is 17.7. The predicted octanol–water partition coefficient (Wildman–Crippen LogP) is 10.7. The lowest BCUT2D eigenvalue weighted by atomic mass is 9.44. The van der Waals surface area contributed by atoms with Crippen molar-refractivity contribution in [3.05, 3.63) is 62.6 Å². The topological polar surface area (TPSA) is 248 Å². The summed E-state index contributed by atoms with van der Waals surface area (Å²) in [5.74, 6) is -4.31. The second kappa shape index (κ2) is 22.1. The van der Waals surface area contributed by atoms with Gasteiger partial charge in [0.1, 0.15) is 23.6 Å². The van der Waals surface area contributed by atoms with Crippen molar-refractivity contribution in [1.82, 2.24) is 10.6 Å². The lowest BCUT2D eigenvalue weighted by Crippen LogP contribution is -2.53. The van der Waals surface area contributed by atoms with Gasteiger partial charge in [-0.15, -0.1) is 0 Å². The zero-order chi connectivity index (χ0) is 50.7. The Morgan fingerprint density at radius 2 is 1.22 bits per heavy atom. The first-order chi connectivity index (χ1) is 32.4. The summed E-state index contributed by atoms with van der Waals surface area (Å²) in [6, 6.07) is 1.46. The van der Waals surface area contributed by atoms with E-state index in [1.807, 2.05) is 6.08 Å². The van der Waals surface area contributed by atoms with E-state index in [4.69, 9.17) is 23.2 Å². The maximum absolute atomic E-state index is 13.5. The number of phenols is 2. The molecular formula is C53H70Cl2N2O12. The number of amides is 2. The SMILES string of the molecule is CC(C)CCCC(C)[C@H]1CCC2C3CCC4C[C@@H](CCC=C(c5cc(Cl)c(O)c(C(=O)N[C@@H](CC(=O)O)C(=O)O)c5)c5cc(Cl)c(O)c(C(=O)N[C@@H](CC(=O)O)C(=O)O)c5)CC[C@]4(C)C3CC[C@@]21C. The molecule has 4 saturated carbocycles. The Morgan fingerprint density at radius 1 is 0.696 bits per heavy atom. The standard InChI is InChI=1S/C53H70Cl2N2O12/c1-27(2)8-6-9-28(3)37-14-15-38-34-13-12-32-20-29(16-18-52(32,4)39(34)17-19-53(37,38)5)10-7-11-33(30-21-35(46(62)40(54)23-30)48(64)56-42(50(66)67)25-44(58)59)31-22-36(47(63)41(55)24-31)49(65)57-43(51(68)69)26-45(60)61/h11,21-24,27-29,32,34,37-39,42-43,62-63H,6-10,12-20,25-26H2,1-5H3,(H,56,64)(H,57,65)(H,58,59)(H,60,61)(H,66,67)(H,68,69)/t28?,29-,32?,34?,37+,38?,39?,42-,43-,52-,53+/m0/s1. The quantitative estimate of drug-likeness (QED) is 0.0617. The Balaban J connectivity index is 1.26. The summed E-state index contributed by atoms with van der Waals surface area (Å²) in [6.45, 7) is 12.4. The van der Waals surface area contributed by atoms with Gasteiger partial charge >= 0.3 is 23.9 Å². The van der Waals surface area contributed by atoms with Crippen molar-refractivity contribution in [2.45, 2.75) is 149 Å². The van der Waals surface area contributed by atoms with Crippen molar-refractivity contribution >= 4 is 64.5 Å². The van der Waals surface area contributed by atoms with E-state index in [-0.39, 0.29) is 26.6 Å². The number of carbonyl (C=O) groups excluding carboxylic acids is 2. The van der Waals surface area contributed by atoms with Crippen LogP contribution in [0.1, 0.15) is 169 Å². The number of fused-ring (bicyclic) bond motifs is 5. The van der Waals surface area contributed by atoms with Crippen LogP contribution in [0.15, 0.2) is 30.3 Å². The lowest BCUT2D eigenvalue weighted by Gasteiger charge is -2.61. The van der Waals surface area contributed by atoms with Crippen LogP contribution in [-0.2, 0) is 19.2 Å². The highest BCUT2D eigenvalue weighted by molar-refractivity contribution is 6.33. The van der Waals surface area contributed by atoms with Gasteiger partial charge in [-0.3, -0.25) is 19.2 Å². The highest BCUT2D eigenvalue weighted by Crippen LogP contribution is 2.69. The minimum absolute atomic E-state index is 0.202. The normalized spacial score (nSPS) is 27.4. The summed E-state index contributed by atoms with van der Waals surface area (Å²) in [4.78, 5) is 73.5. The van der Waals surface area contributed by atoms with Gasteiger partial charge in [0, 0.05) is 0 Å². The van der Waals surface area contributed by atoms with Gasteiger partial charge in [0.25, 0.3) is 11.8 Å². The van der Waals surface area contributed by atoms with Crippen LogP contribution in [0.2, 0.25) is 10.0 Å². The van der Waals surface area contributed by atoms with Crippen LogP contribution < -0.4 is 10.6 Å². The van der Waals surface area contributed by atoms with E-state index in [0.717, 1.165) is 61.2 Å². The third kappa shape index (κ3) is 11.9. The molecule has 0 spiro atoms. The number of hydrogen-bond donors (Lipinski definition) is 8. The molecule has 4 aliphatic rings. The second-order valence-electron chi connectivity index (χ2n) is 21.7. The number of carbonyl (C=O) groups is 6. The summed E-state index contributed by atoms with van der Waals surface area (Å²) in [6.07, 6.45) is 16.3. The van der Waals surface area contributed by atoms with Gasteiger partial charge in [0.2, 0.25) is 0 Å². The van der Waals surface area contributed by atoms with Gasteiger partial charge in [-0.25, -0.2) is 9.59 Å².